The van der Waals surface area contributed by atoms with Crippen molar-refractivity contribution in [2.75, 3.05) is 12.0 Å². The van der Waals surface area contributed by atoms with Gasteiger partial charge in [-0.2, -0.15) is 0 Å². The van der Waals surface area contributed by atoms with E-state index in [1.54, 1.807) is 0 Å². The van der Waals surface area contributed by atoms with Crippen LogP contribution < -0.4 is 5.32 Å². The van der Waals surface area contributed by atoms with Gasteiger partial charge in [-0.3, -0.25) is 0 Å². The van der Waals surface area contributed by atoms with Gasteiger partial charge >= 0.3 is 0 Å². The fourth-order valence-corrected chi connectivity index (χ4v) is 2.64. The lowest BCUT2D eigenvalue weighted by atomic mass is 10.1. The van der Waals surface area contributed by atoms with Crippen LogP contribution in [0.25, 0.3) is 0 Å². The van der Waals surface area contributed by atoms with Crippen LogP contribution in [0.5, 0.6) is 0 Å². The van der Waals surface area contributed by atoms with Crippen molar-refractivity contribution in [3.05, 3.63) is 12.7 Å². The normalized spacial score (nSPS) is 15.9. The summed E-state index contributed by atoms with van der Waals surface area (Å²) in [6.45, 7) is 7.66. The highest BCUT2D eigenvalue weighted by molar-refractivity contribution is 7.90. The number of hydrogen-bond acceptors (Lipinski definition) is 3. The summed E-state index contributed by atoms with van der Waals surface area (Å²) in [6, 6.07) is 0.389. The summed E-state index contributed by atoms with van der Waals surface area (Å²) in [6.07, 6.45) is 6.36. The van der Waals surface area contributed by atoms with Crippen LogP contribution in [0.4, 0.5) is 0 Å². The minimum absolute atomic E-state index is 0.0266. The van der Waals surface area contributed by atoms with E-state index < -0.39 is 9.84 Å². The molecule has 0 heterocycles. The summed E-state index contributed by atoms with van der Waals surface area (Å²) in [7, 11) is -2.87. The molecule has 0 rings (SSSR count). The smallest absolute Gasteiger partial charge is 0.148 e. The van der Waals surface area contributed by atoms with Crippen LogP contribution in [0.1, 0.15) is 33.1 Å². The lowest BCUT2D eigenvalue weighted by Gasteiger charge is -2.19. The van der Waals surface area contributed by atoms with E-state index in [0.29, 0.717) is 6.04 Å². The van der Waals surface area contributed by atoms with Crippen molar-refractivity contribution in [3.8, 4) is 0 Å². The van der Waals surface area contributed by atoms with Crippen LogP contribution in [0.15, 0.2) is 12.7 Å². The standard InChI is InChI=1S/C11H23NO2S/c1-5-6-7-8-10(2)12-11(3)9-15(4,13)14/h5,10-12H,1,6-9H2,2-4H3. The van der Waals surface area contributed by atoms with E-state index in [4.69, 9.17) is 0 Å². The Bertz CT molecular complexity index is 272. The van der Waals surface area contributed by atoms with Crippen LogP contribution in [-0.2, 0) is 9.84 Å². The van der Waals surface area contributed by atoms with Crippen molar-refractivity contribution in [1.29, 1.82) is 0 Å². The number of sulfone groups is 1. The van der Waals surface area contributed by atoms with Gasteiger partial charge in [-0.25, -0.2) is 8.42 Å². The van der Waals surface area contributed by atoms with Gasteiger partial charge in [0.2, 0.25) is 0 Å². The Morgan fingerprint density at radius 1 is 1.33 bits per heavy atom. The number of allylic oxidation sites excluding steroid dienone is 1. The van der Waals surface area contributed by atoms with E-state index >= 15 is 0 Å². The topological polar surface area (TPSA) is 46.2 Å². The first-order valence-electron chi connectivity index (χ1n) is 5.40. The monoisotopic (exact) mass is 233 g/mol. The fourth-order valence-electron chi connectivity index (χ4n) is 1.64. The molecular formula is C11H23NO2S. The molecule has 0 radical (unpaired) electrons. The van der Waals surface area contributed by atoms with E-state index in [1.807, 2.05) is 13.0 Å². The molecule has 0 aliphatic carbocycles. The molecule has 0 aromatic carbocycles. The molecule has 0 aliphatic heterocycles. The van der Waals surface area contributed by atoms with E-state index in [2.05, 4.69) is 18.8 Å². The zero-order valence-electron chi connectivity index (χ0n) is 9.99. The van der Waals surface area contributed by atoms with Gasteiger partial charge in [-0.1, -0.05) is 6.08 Å². The molecule has 0 bridgehead atoms. The van der Waals surface area contributed by atoms with Gasteiger partial charge in [0, 0.05) is 18.3 Å². The summed E-state index contributed by atoms with van der Waals surface area (Å²) in [4.78, 5) is 0. The van der Waals surface area contributed by atoms with Crippen LogP contribution >= 0.6 is 0 Å². The van der Waals surface area contributed by atoms with Crippen molar-refractivity contribution >= 4 is 9.84 Å². The van der Waals surface area contributed by atoms with Crippen molar-refractivity contribution in [2.24, 2.45) is 0 Å². The van der Waals surface area contributed by atoms with Crippen molar-refractivity contribution in [2.45, 2.75) is 45.2 Å². The minimum atomic E-state index is -2.87. The number of rotatable bonds is 8. The maximum atomic E-state index is 11.0. The summed E-state index contributed by atoms with van der Waals surface area (Å²) in [5.74, 6) is 0.207. The zero-order valence-corrected chi connectivity index (χ0v) is 10.8. The molecular weight excluding hydrogens is 210 g/mol. The first kappa shape index (κ1) is 14.6. The molecule has 90 valence electrons. The zero-order chi connectivity index (χ0) is 11.9. The molecule has 2 atom stereocenters. The Hall–Kier alpha value is -0.350. The average Bonchev–Trinajstić information content (AvgIpc) is 2.00. The second-order valence-corrected chi connectivity index (χ2v) is 6.47. The quantitative estimate of drug-likeness (QED) is 0.513. The Kier molecular flexibility index (Phi) is 6.85. The van der Waals surface area contributed by atoms with Crippen molar-refractivity contribution in [3.63, 3.8) is 0 Å². The number of hydrogen-bond donors (Lipinski definition) is 1. The molecule has 3 nitrogen and oxygen atoms in total. The first-order chi connectivity index (χ1) is 6.85. The molecule has 4 heteroatoms. The molecule has 0 saturated heterocycles. The molecule has 0 amide bonds. The molecule has 2 unspecified atom stereocenters. The predicted octanol–water partition coefficient (Wildman–Crippen LogP) is 1.75. The SMILES string of the molecule is C=CCCCC(C)NC(C)CS(C)(=O)=O. The number of unbranched alkanes of at least 4 members (excludes halogenated alkanes) is 1. The summed E-state index contributed by atoms with van der Waals surface area (Å²) in [5, 5.41) is 3.28. The molecule has 0 aromatic heterocycles. The summed E-state index contributed by atoms with van der Waals surface area (Å²) in [5.41, 5.74) is 0. The van der Waals surface area contributed by atoms with Crippen LogP contribution in [-0.4, -0.2) is 32.5 Å². The fraction of sp³-hybridized carbons (Fsp3) is 0.818. The molecule has 15 heavy (non-hydrogen) atoms. The third kappa shape index (κ3) is 9.94. The summed E-state index contributed by atoms with van der Waals surface area (Å²) >= 11 is 0. The van der Waals surface area contributed by atoms with Crippen LogP contribution in [0, 0.1) is 0 Å². The van der Waals surface area contributed by atoms with Gasteiger partial charge in [0.25, 0.3) is 0 Å². The average molecular weight is 233 g/mol. The van der Waals surface area contributed by atoms with Crippen molar-refractivity contribution < 1.29 is 8.42 Å². The van der Waals surface area contributed by atoms with E-state index in [0.717, 1.165) is 19.3 Å². The van der Waals surface area contributed by atoms with E-state index in [9.17, 15) is 8.42 Å². The largest absolute Gasteiger partial charge is 0.311 e. The Morgan fingerprint density at radius 3 is 2.40 bits per heavy atom. The molecule has 0 spiro atoms. The maximum Gasteiger partial charge on any atom is 0.148 e. The second-order valence-electron chi connectivity index (χ2n) is 4.28. The molecule has 1 N–H and O–H groups in total. The lowest BCUT2D eigenvalue weighted by molar-refractivity contribution is 0.455. The minimum Gasteiger partial charge on any atom is -0.311 e. The van der Waals surface area contributed by atoms with Gasteiger partial charge in [0.05, 0.1) is 5.75 Å². The maximum absolute atomic E-state index is 11.0. The van der Waals surface area contributed by atoms with E-state index in [1.165, 1.54) is 6.26 Å². The van der Waals surface area contributed by atoms with Crippen LogP contribution in [0.2, 0.25) is 0 Å². The highest BCUT2D eigenvalue weighted by Crippen LogP contribution is 2.02. The third-order valence-corrected chi connectivity index (χ3v) is 3.27. The highest BCUT2D eigenvalue weighted by Gasteiger charge is 2.12. The van der Waals surface area contributed by atoms with Gasteiger partial charge in [-0.05, 0) is 33.1 Å². The van der Waals surface area contributed by atoms with Crippen LogP contribution in [0.3, 0.4) is 0 Å². The lowest BCUT2D eigenvalue weighted by Crippen LogP contribution is -2.38. The first-order valence-corrected chi connectivity index (χ1v) is 7.46. The van der Waals surface area contributed by atoms with E-state index in [-0.39, 0.29) is 11.8 Å². The Labute approximate surface area is 93.9 Å². The van der Waals surface area contributed by atoms with Gasteiger partial charge < -0.3 is 5.32 Å². The van der Waals surface area contributed by atoms with Gasteiger partial charge in [-0.15, -0.1) is 6.58 Å². The number of nitrogens with one attached hydrogen (secondary N) is 1. The second kappa shape index (κ2) is 7.01. The highest BCUT2D eigenvalue weighted by atomic mass is 32.2. The van der Waals surface area contributed by atoms with Gasteiger partial charge in [0.1, 0.15) is 9.84 Å². The molecule has 0 aliphatic rings. The Balaban J connectivity index is 3.75. The van der Waals surface area contributed by atoms with Crippen molar-refractivity contribution in [1.82, 2.24) is 5.32 Å². The summed E-state index contributed by atoms with van der Waals surface area (Å²) < 4.78 is 22.1. The Morgan fingerprint density at radius 2 is 1.93 bits per heavy atom. The predicted molar refractivity (Wildman–Crippen MR) is 65.8 cm³/mol. The third-order valence-electron chi connectivity index (χ3n) is 2.17. The molecule has 0 saturated carbocycles. The molecule has 0 aromatic rings. The molecule has 0 fully saturated rings. The van der Waals surface area contributed by atoms with Gasteiger partial charge in [0.15, 0.2) is 0 Å².